The topological polar surface area (TPSA) is 137 Å². The van der Waals surface area contributed by atoms with Crippen molar-refractivity contribution in [1.82, 2.24) is 24.8 Å². The van der Waals surface area contributed by atoms with E-state index in [1.54, 1.807) is 48.2 Å². The van der Waals surface area contributed by atoms with Gasteiger partial charge in [0.25, 0.3) is 5.91 Å². The molecule has 1 amide bonds. The molecule has 4 rings (SSSR count). The highest BCUT2D eigenvalue weighted by Gasteiger charge is 2.22. The van der Waals surface area contributed by atoms with Crippen molar-refractivity contribution in [2.45, 2.75) is 33.0 Å². The number of benzene rings is 2. The van der Waals surface area contributed by atoms with E-state index in [0.29, 0.717) is 22.5 Å². The van der Waals surface area contributed by atoms with Crippen molar-refractivity contribution in [2.75, 3.05) is 6.54 Å². The van der Waals surface area contributed by atoms with Crippen molar-refractivity contribution in [3.05, 3.63) is 100 Å². The predicted molar refractivity (Wildman–Crippen MR) is 135 cm³/mol. The van der Waals surface area contributed by atoms with Gasteiger partial charge in [-0.1, -0.05) is 24.3 Å². The number of aromatic nitrogens is 3. The molecule has 2 aromatic carbocycles. The smallest absolute Gasteiger partial charge is 0.335 e. The van der Waals surface area contributed by atoms with Crippen LogP contribution in [0, 0.1) is 12.7 Å². The number of carboxylic acids is 2. The fourth-order valence-corrected chi connectivity index (χ4v) is 4.05. The molecule has 2 aromatic heterocycles. The first kappa shape index (κ1) is 26.4. The minimum atomic E-state index is -1.05. The maximum absolute atomic E-state index is 13.9. The molecule has 0 unspecified atom stereocenters. The lowest BCUT2D eigenvalue weighted by Gasteiger charge is -2.28. The Morgan fingerprint density at radius 2 is 1.82 bits per heavy atom. The molecule has 0 saturated carbocycles. The number of nitrogens with one attached hydrogen (secondary N) is 1. The minimum Gasteiger partial charge on any atom is -0.480 e. The molecule has 0 radical (unpaired) electrons. The zero-order valence-electron chi connectivity index (χ0n) is 20.8. The third-order valence-corrected chi connectivity index (χ3v) is 6.25. The van der Waals surface area contributed by atoms with Crippen LogP contribution in [-0.2, 0) is 17.9 Å². The SMILES string of the molecule is Cc1ccc(CNC(=O)c2cc(CN(CC(=O)O)[C@@H](C)c3ccc(C(=O)O)cc3)n3nccc3n2)cc1F. The molecular weight excluding hydrogens is 493 g/mol. The van der Waals surface area contributed by atoms with E-state index in [4.69, 9.17) is 5.11 Å². The second-order valence-corrected chi connectivity index (χ2v) is 8.90. The van der Waals surface area contributed by atoms with Gasteiger partial charge in [0.15, 0.2) is 5.65 Å². The highest BCUT2D eigenvalue weighted by molar-refractivity contribution is 5.92. The van der Waals surface area contributed by atoms with Gasteiger partial charge in [-0.3, -0.25) is 14.5 Å². The van der Waals surface area contributed by atoms with Gasteiger partial charge >= 0.3 is 11.9 Å². The van der Waals surface area contributed by atoms with Crippen molar-refractivity contribution in [1.29, 1.82) is 0 Å². The number of carbonyl (C=O) groups excluding carboxylic acids is 1. The summed E-state index contributed by atoms with van der Waals surface area (Å²) in [5.74, 6) is -2.93. The van der Waals surface area contributed by atoms with Gasteiger partial charge in [0.2, 0.25) is 0 Å². The van der Waals surface area contributed by atoms with Gasteiger partial charge in [-0.05, 0) is 54.8 Å². The first-order valence-corrected chi connectivity index (χ1v) is 11.8. The predicted octanol–water partition coefficient (Wildman–Crippen LogP) is 3.45. The van der Waals surface area contributed by atoms with E-state index in [1.807, 2.05) is 6.92 Å². The number of aryl methyl sites for hydroxylation is 1. The molecule has 0 saturated heterocycles. The largest absolute Gasteiger partial charge is 0.480 e. The van der Waals surface area contributed by atoms with Crippen LogP contribution in [0.15, 0.2) is 60.8 Å². The van der Waals surface area contributed by atoms with Gasteiger partial charge in [-0.2, -0.15) is 5.10 Å². The number of carbonyl (C=O) groups is 3. The number of aromatic carboxylic acids is 1. The van der Waals surface area contributed by atoms with Gasteiger partial charge in [-0.25, -0.2) is 18.7 Å². The van der Waals surface area contributed by atoms with Gasteiger partial charge in [0.05, 0.1) is 24.0 Å². The highest BCUT2D eigenvalue weighted by atomic mass is 19.1. The number of rotatable bonds is 10. The molecule has 0 fully saturated rings. The Morgan fingerprint density at radius 1 is 1.08 bits per heavy atom. The Labute approximate surface area is 217 Å². The summed E-state index contributed by atoms with van der Waals surface area (Å²) in [4.78, 5) is 41.9. The third-order valence-electron chi connectivity index (χ3n) is 6.25. The Balaban J connectivity index is 1.59. The van der Waals surface area contributed by atoms with Crippen LogP contribution in [0.3, 0.4) is 0 Å². The summed E-state index contributed by atoms with van der Waals surface area (Å²) >= 11 is 0. The van der Waals surface area contributed by atoms with Crippen LogP contribution in [0.25, 0.3) is 5.65 Å². The molecule has 196 valence electrons. The first-order chi connectivity index (χ1) is 18.1. The molecule has 3 N–H and O–H groups in total. The average Bonchev–Trinajstić information content (AvgIpc) is 3.37. The monoisotopic (exact) mass is 519 g/mol. The molecule has 0 aliphatic rings. The number of aliphatic carboxylic acids is 1. The van der Waals surface area contributed by atoms with Crippen LogP contribution >= 0.6 is 0 Å². The third kappa shape index (κ3) is 6.01. The summed E-state index contributed by atoms with van der Waals surface area (Å²) in [5.41, 5.74) is 3.00. The standard InChI is InChI=1S/C27H26FN5O5/c1-16-3-4-18(11-22(16)28)13-29-26(36)23-12-21(33-24(31-23)9-10-30-33)14-32(15-25(34)35)17(2)19-5-7-20(8-6-19)27(37)38/h3-12,17H,13-15H2,1-2H3,(H,29,36)(H,34,35)(H,37,38)/t17-/m0/s1. The minimum absolute atomic E-state index is 0.103. The van der Waals surface area contributed by atoms with E-state index < -0.39 is 23.9 Å². The first-order valence-electron chi connectivity index (χ1n) is 11.8. The average molecular weight is 520 g/mol. The van der Waals surface area contributed by atoms with Crippen LogP contribution in [0.1, 0.15) is 56.2 Å². The number of hydrogen-bond acceptors (Lipinski definition) is 6. The molecule has 0 bridgehead atoms. The van der Waals surface area contributed by atoms with E-state index in [0.717, 1.165) is 5.56 Å². The fourth-order valence-electron chi connectivity index (χ4n) is 4.05. The van der Waals surface area contributed by atoms with Gasteiger partial charge < -0.3 is 15.5 Å². The van der Waals surface area contributed by atoms with Gasteiger partial charge in [-0.15, -0.1) is 0 Å². The maximum Gasteiger partial charge on any atom is 0.335 e. The zero-order chi connectivity index (χ0) is 27.4. The molecule has 10 nitrogen and oxygen atoms in total. The second kappa shape index (κ2) is 11.2. The molecule has 0 spiro atoms. The molecule has 38 heavy (non-hydrogen) atoms. The van der Waals surface area contributed by atoms with Crippen molar-refractivity contribution in [2.24, 2.45) is 0 Å². The second-order valence-electron chi connectivity index (χ2n) is 8.90. The normalized spacial score (nSPS) is 12.0. The molecule has 0 aliphatic heterocycles. The summed E-state index contributed by atoms with van der Waals surface area (Å²) in [6.07, 6.45) is 1.53. The van der Waals surface area contributed by atoms with Crippen LogP contribution in [-0.4, -0.2) is 54.1 Å². The summed E-state index contributed by atoms with van der Waals surface area (Å²) in [5, 5.41) is 25.7. The summed E-state index contributed by atoms with van der Waals surface area (Å²) in [7, 11) is 0. The van der Waals surface area contributed by atoms with Crippen LogP contribution in [0.5, 0.6) is 0 Å². The molecule has 0 aliphatic carbocycles. The summed E-state index contributed by atoms with van der Waals surface area (Å²) in [6.45, 7) is 3.37. The van der Waals surface area contributed by atoms with E-state index in [2.05, 4.69) is 15.4 Å². The molecule has 11 heteroatoms. The summed E-state index contributed by atoms with van der Waals surface area (Å²) < 4.78 is 15.4. The molecule has 4 aromatic rings. The van der Waals surface area contributed by atoms with Gasteiger partial charge in [0, 0.05) is 25.2 Å². The number of carboxylic acid groups (broad SMARTS) is 2. The Morgan fingerprint density at radius 3 is 2.47 bits per heavy atom. The molecule has 2 heterocycles. The quantitative estimate of drug-likeness (QED) is 0.290. The zero-order valence-corrected chi connectivity index (χ0v) is 20.8. The Bertz CT molecular complexity index is 1500. The van der Waals surface area contributed by atoms with Crippen LogP contribution < -0.4 is 5.32 Å². The number of halogens is 1. The van der Waals surface area contributed by atoms with Crippen molar-refractivity contribution in [3.8, 4) is 0 Å². The van der Waals surface area contributed by atoms with Crippen molar-refractivity contribution in [3.63, 3.8) is 0 Å². The van der Waals surface area contributed by atoms with E-state index in [1.165, 1.54) is 28.9 Å². The lowest BCUT2D eigenvalue weighted by atomic mass is 10.0. The molecular formula is C27H26FN5O5. The maximum atomic E-state index is 13.9. The van der Waals surface area contributed by atoms with Crippen molar-refractivity contribution < 1.29 is 29.0 Å². The Kier molecular flexibility index (Phi) is 7.77. The Hall–Kier alpha value is -4.64. The summed E-state index contributed by atoms with van der Waals surface area (Å²) in [6, 6.07) is 13.7. The van der Waals surface area contributed by atoms with E-state index >= 15 is 0 Å². The van der Waals surface area contributed by atoms with Gasteiger partial charge in [0.1, 0.15) is 11.5 Å². The van der Waals surface area contributed by atoms with Crippen molar-refractivity contribution >= 4 is 23.5 Å². The number of fused-ring (bicyclic) bond motifs is 1. The van der Waals surface area contributed by atoms with Crippen LogP contribution in [0.4, 0.5) is 4.39 Å². The van der Waals surface area contributed by atoms with E-state index in [9.17, 15) is 23.9 Å². The number of hydrogen-bond donors (Lipinski definition) is 3. The van der Waals surface area contributed by atoms with E-state index in [-0.39, 0.29) is 36.7 Å². The van der Waals surface area contributed by atoms with Crippen LogP contribution in [0.2, 0.25) is 0 Å². The highest BCUT2D eigenvalue weighted by Crippen LogP contribution is 2.23. The number of nitrogens with zero attached hydrogens (tertiary/aromatic N) is 4. The molecule has 1 atom stereocenters. The lowest BCUT2D eigenvalue weighted by Crippen LogP contribution is -2.33. The fraction of sp³-hybridized carbons (Fsp3) is 0.222. The number of amides is 1. The lowest BCUT2D eigenvalue weighted by molar-refractivity contribution is -0.139.